The third kappa shape index (κ3) is 3.51. The molecule has 4 heteroatoms. The Bertz CT molecular complexity index is 540. The Hall–Kier alpha value is -1.94. The summed E-state index contributed by atoms with van der Waals surface area (Å²) in [5.41, 5.74) is 2.66. The molecule has 19 heavy (non-hydrogen) atoms. The second kappa shape index (κ2) is 6.29. The predicted octanol–water partition coefficient (Wildman–Crippen LogP) is 2.83. The van der Waals surface area contributed by atoms with Gasteiger partial charge in [-0.05, 0) is 24.6 Å². The minimum Gasteiger partial charge on any atom is -0.494 e. The highest BCUT2D eigenvalue weighted by molar-refractivity contribution is 5.31. The molecule has 0 spiro atoms. The van der Waals surface area contributed by atoms with Crippen molar-refractivity contribution in [3.63, 3.8) is 0 Å². The SMILES string of the molecule is COc1cccc(CNCc2ccc(C)nc2)c1F. The normalized spacial score (nSPS) is 10.5. The minimum absolute atomic E-state index is 0.274. The van der Waals surface area contributed by atoms with Gasteiger partial charge in [0, 0.05) is 30.5 Å². The molecule has 2 aromatic rings. The molecule has 1 heterocycles. The molecular weight excluding hydrogens is 243 g/mol. The van der Waals surface area contributed by atoms with Crippen LogP contribution < -0.4 is 10.1 Å². The highest BCUT2D eigenvalue weighted by Gasteiger charge is 2.07. The zero-order valence-electron chi connectivity index (χ0n) is 11.1. The molecule has 1 aromatic heterocycles. The molecule has 0 bridgehead atoms. The van der Waals surface area contributed by atoms with Gasteiger partial charge in [-0.3, -0.25) is 4.98 Å². The van der Waals surface area contributed by atoms with Crippen molar-refractivity contribution in [1.82, 2.24) is 10.3 Å². The fourth-order valence-corrected chi connectivity index (χ4v) is 1.79. The number of benzene rings is 1. The van der Waals surface area contributed by atoms with Crippen LogP contribution in [0.2, 0.25) is 0 Å². The van der Waals surface area contributed by atoms with Gasteiger partial charge in [0.1, 0.15) is 0 Å². The van der Waals surface area contributed by atoms with Crippen LogP contribution in [-0.2, 0) is 13.1 Å². The van der Waals surface area contributed by atoms with Gasteiger partial charge in [-0.25, -0.2) is 4.39 Å². The van der Waals surface area contributed by atoms with E-state index in [1.54, 1.807) is 18.2 Å². The van der Waals surface area contributed by atoms with Crippen molar-refractivity contribution in [2.24, 2.45) is 0 Å². The van der Waals surface area contributed by atoms with E-state index in [9.17, 15) is 4.39 Å². The quantitative estimate of drug-likeness (QED) is 0.897. The highest BCUT2D eigenvalue weighted by atomic mass is 19.1. The summed E-state index contributed by atoms with van der Waals surface area (Å²) in [6.45, 7) is 3.06. The average Bonchev–Trinajstić information content (AvgIpc) is 2.43. The van der Waals surface area contributed by atoms with Crippen LogP contribution in [0.15, 0.2) is 36.5 Å². The lowest BCUT2D eigenvalue weighted by atomic mass is 10.2. The molecule has 2 rings (SSSR count). The van der Waals surface area contributed by atoms with Gasteiger partial charge in [-0.15, -0.1) is 0 Å². The smallest absolute Gasteiger partial charge is 0.169 e. The van der Waals surface area contributed by atoms with Crippen molar-refractivity contribution in [1.29, 1.82) is 0 Å². The molecule has 3 nitrogen and oxygen atoms in total. The van der Waals surface area contributed by atoms with Crippen LogP contribution >= 0.6 is 0 Å². The zero-order chi connectivity index (χ0) is 13.7. The minimum atomic E-state index is -0.306. The maximum atomic E-state index is 13.9. The molecule has 0 unspecified atom stereocenters. The van der Waals surface area contributed by atoms with E-state index in [0.29, 0.717) is 18.7 Å². The Labute approximate surface area is 112 Å². The lowest BCUT2D eigenvalue weighted by molar-refractivity contribution is 0.383. The summed E-state index contributed by atoms with van der Waals surface area (Å²) in [4.78, 5) is 4.22. The predicted molar refractivity (Wildman–Crippen MR) is 72.5 cm³/mol. The van der Waals surface area contributed by atoms with Crippen LogP contribution in [0, 0.1) is 12.7 Å². The largest absolute Gasteiger partial charge is 0.494 e. The Morgan fingerprint density at radius 1 is 1.21 bits per heavy atom. The summed E-state index contributed by atoms with van der Waals surface area (Å²) in [5.74, 6) is -0.0316. The van der Waals surface area contributed by atoms with Crippen molar-refractivity contribution in [2.75, 3.05) is 7.11 Å². The van der Waals surface area contributed by atoms with Gasteiger partial charge in [-0.2, -0.15) is 0 Å². The van der Waals surface area contributed by atoms with Crippen LogP contribution in [0.25, 0.3) is 0 Å². The maximum absolute atomic E-state index is 13.9. The Morgan fingerprint density at radius 3 is 2.74 bits per heavy atom. The number of methoxy groups -OCH3 is 1. The molecule has 0 aliphatic heterocycles. The number of halogens is 1. The average molecular weight is 260 g/mol. The summed E-state index contributed by atoms with van der Waals surface area (Å²) in [6, 6.07) is 9.12. The Morgan fingerprint density at radius 2 is 2.05 bits per heavy atom. The first-order valence-corrected chi connectivity index (χ1v) is 6.14. The third-order valence-electron chi connectivity index (χ3n) is 2.88. The summed E-state index contributed by atoms with van der Waals surface area (Å²) in [5, 5.41) is 3.19. The van der Waals surface area contributed by atoms with Gasteiger partial charge in [0.2, 0.25) is 0 Å². The van der Waals surface area contributed by atoms with Crippen LogP contribution in [0.4, 0.5) is 4.39 Å². The number of hydrogen-bond donors (Lipinski definition) is 1. The molecular formula is C15H17FN2O. The van der Waals surface area contributed by atoms with E-state index in [1.165, 1.54) is 7.11 Å². The van der Waals surface area contributed by atoms with E-state index in [0.717, 1.165) is 11.3 Å². The molecule has 0 atom stereocenters. The van der Waals surface area contributed by atoms with Crippen molar-refractivity contribution < 1.29 is 9.13 Å². The molecule has 1 aromatic carbocycles. The number of aryl methyl sites for hydroxylation is 1. The summed E-state index contributed by atoms with van der Waals surface area (Å²) < 4.78 is 18.8. The number of rotatable bonds is 5. The molecule has 1 N–H and O–H groups in total. The molecule has 0 amide bonds. The molecule has 0 aliphatic rings. The van der Waals surface area contributed by atoms with Crippen molar-refractivity contribution >= 4 is 0 Å². The van der Waals surface area contributed by atoms with Crippen LogP contribution in [0.3, 0.4) is 0 Å². The van der Waals surface area contributed by atoms with E-state index in [4.69, 9.17) is 4.74 Å². The Balaban J connectivity index is 1.94. The lowest BCUT2D eigenvalue weighted by Crippen LogP contribution is -2.14. The molecule has 0 saturated heterocycles. The topological polar surface area (TPSA) is 34.1 Å². The molecule has 100 valence electrons. The number of nitrogens with zero attached hydrogens (tertiary/aromatic N) is 1. The number of aromatic nitrogens is 1. The number of hydrogen-bond acceptors (Lipinski definition) is 3. The first-order chi connectivity index (χ1) is 9.20. The maximum Gasteiger partial charge on any atom is 0.169 e. The first-order valence-electron chi connectivity index (χ1n) is 6.14. The first kappa shape index (κ1) is 13.5. The van der Waals surface area contributed by atoms with Gasteiger partial charge >= 0.3 is 0 Å². The van der Waals surface area contributed by atoms with Crippen molar-refractivity contribution in [2.45, 2.75) is 20.0 Å². The van der Waals surface area contributed by atoms with Crippen LogP contribution in [0.1, 0.15) is 16.8 Å². The Kier molecular flexibility index (Phi) is 4.47. The van der Waals surface area contributed by atoms with E-state index < -0.39 is 0 Å². The molecule has 0 radical (unpaired) electrons. The lowest BCUT2D eigenvalue weighted by Gasteiger charge is -2.08. The standard InChI is InChI=1S/C15H17FN2O/c1-11-6-7-12(9-18-11)8-17-10-13-4-3-5-14(19-2)15(13)16/h3-7,9,17H,8,10H2,1-2H3. The fourth-order valence-electron chi connectivity index (χ4n) is 1.79. The number of nitrogens with one attached hydrogen (secondary N) is 1. The molecule has 0 saturated carbocycles. The second-order valence-corrected chi connectivity index (χ2v) is 4.34. The van der Waals surface area contributed by atoms with Gasteiger partial charge in [0.25, 0.3) is 0 Å². The van der Waals surface area contributed by atoms with Gasteiger partial charge in [0.15, 0.2) is 11.6 Å². The number of pyridine rings is 1. The van der Waals surface area contributed by atoms with E-state index >= 15 is 0 Å². The second-order valence-electron chi connectivity index (χ2n) is 4.34. The molecule has 0 fully saturated rings. The summed E-state index contributed by atoms with van der Waals surface area (Å²) in [7, 11) is 1.47. The summed E-state index contributed by atoms with van der Waals surface area (Å²) in [6.07, 6.45) is 1.82. The molecule has 0 aliphatic carbocycles. The van der Waals surface area contributed by atoms with Crippen LogP contribution in [-0.4, -0.2) is 12.1 Å². The van der Waals surface area contributed by atoms with E-state index in [-0.39, 0.29) is 11.6 Å². The van der Waals surface area contributed by atoms with Gasteiger partial charge in [-0.1, -0.05) is 18.2 Å². The highest BCUT2D eigenvalue weighted by Crippen LogP contribution is 2.19. The van der Waals surface area contributed by atoms with E-state index in [1.807, 2.05) is 25.3 Å². The summed E-state index contributed by atoms with van der Waals surface area (Å²) >= 11 is 0. The van der Waals surface area contributed by atoms with Gasteiger partial charge in [0.05, 0.1) is 7.11 Å². The van der Waals surface area contributed by atoms with Crippen molar-refractivity contribution in [3.05, 3.63) is 59.2 Å². The van der Waals surface area contributed by atoms with Crippen molar-refractivity contribution in [3.8, 4) is 5.75 Å². The third-order valence-corrected chi connectivity index (χ3v) is 2.88. The fraction of sp³-hybridized carbons (Fsp3) is 0.267. The monoisotopic (exact) mass is 260 g/mol. The van der Waals surface area contributed by atoms with E-state index in [2.05, 4.69) is 10.3 Å². The number of ether oxygens (including phenoxy) is 1. The zero-order valence-corrected chi connectivity index (χ0v) is 11.1. The van der Waals surface area contributed by atoms with Gasteiger partial charge < -0.3 is 10.1 Å². The van der Waals surface area contributed by atoms with Crippen LogP contribution in [0.5, 0.6) is 5.75 Å².